The molecule has 1 aliphatic heterocycles. The first-order chi connectivity index (χ1) is 16.7. The van der Waals surface area contributed by atoms with Gasteiger partial charge in [-0.25, -0.2) is 9.78 Å². The van der Waals surface area contributed by atoms with Gasteiger partial charge in [-0.3, -0.25) is 10.1 Å². The summed E-state index contributed by atoms with van der Waals surface area (Å²) in [4.78, 5) is 33.9. The van der Waals surface area contributed by atoms with Gasteiger partial charge in [0.15, 0.2) is 5.65 Å². The average Bonchev–Trinajstić information content (AvgIpc) is 2.90. The maximum absolute atomic E-state index is 13.0. The molecule has 9 heteroatoms. The Morgan fingerprint density at radius 3 is 2.29 bits per heavy atom. The van der Waals surface area contributed by atoms with Crippen molar-refractivity contribution in [3.05, 3.63) is 94.9 Å². The van der Waals surface area contributed by atoms with Crippen LogP contribution in [-0.4, -0.2) is 46.9 Å². The van der Waals surface area contributed by atoms with Crippen molar-refractivity contribution < 1.29 is 9.53 Å². The summed E-state index contributed by atoms with van der Waals surface area (Å²) in [5.41, 5.74) is 1.99. The fraction of sp³-hybridized carbons (Fsp3) is 0.200. The van der Waals surface area contributed by atoms with E-state index in [1.54, 1.807) is 6.07 Å². The molecular weight excluding hydrogens is 432 g/mol. The van der Waals surface area contributed by atoms with Crippen molar-refractivity contribution in [2.45, 2.75) is 6.61 Å². The Labute approximate surface area is 196 Å². The summed E-state index contributed by atoms with van der Waals surface area (Å²) < 4.78 is 6.42. The summed E-state index contributed by atoms with van der Waals surface area (Å²) in [5.74, 6) is 0.688. The maximum Gasteiger partial charge on any atom is 0.412 e. The van der Waals surface area contributed by atoms with Gasteiger partial charge in [0, 0.05) is 31.9 Å². The Kier molecular flexibility index (Phi) is 6.07. The molecule has 172 valence electrons. The van der Waals surface area contributed by atoms with Crippen molar-refractivity contribution in [2.24, 2.45) is 0 Å². The highest BCUT2D eigenvalue weighted by Crippen LogP contribution is 2.19. The molecule has 0 spiro atoms. The average molecular weight is 457 g/mol. The lowest BCUT2D eigenvalue weighted by Gasteiger charge is -2.36. The number of hydrogen-bond acceptors (Lipinski definition) is 7. The van der Waals surface area contributed by atoms with E-state index in [2.05, 4.69) is 37.3 Å². The lowest BCUT2D eigenvalue weighted by atomic mass is 10.2. The second-order valence-electron chi connectivity index (χ2n) is 7.93. The maximum atomic E-state index is 13.0. The molecule has 5 rings (SSSR count). The summed E-state index contributed by atoms with van der Waals surface area (Å²) in [6, 6.07) is 23.2. The highest BCUT2D eigenvalue weighted by molar-refractivity contribution is 5.84. The number of rotatable bonds is 5. The summed E-state index contributed by atoms with van der Waals surface area (Å²) in [6.45, 7) is 3.36. The molecule has 0 bridgehead atoms. The van der Waals surface area contributed by atoms with Gasteiger partial charge in [-0.2, -0.15) is 4.52 Å². The largest absolute Gasteiger partial charge is 0.444 e. The van der Waals surface area contributed by atoms with Gasteiger partial charge in [-0.15, -0.1) is 5.10 Å². The number of carbonyl (C=O) groups is 1. The first-order valence-corrected chi connectivity index (χ1v) is 11.1. The number of anilines is 3. The van der Waals surface area contributed by atoms with E-state index in [4.69, 9.17) is 4.74 Å². The minimum absolute atomic E-state index is 0.00843. The Morgan fingerprint density at radius 2 is 1.56 bits per heavy atom. The zero-order valence-electron chi connectivity index (χ0n) is 18.5. The van der Waals surface area contributed by atoms with Gasteiger partial charge < -0.3 is 14.5 Å². The molecule has 1 fully saturated rings. The molecule has 1 aliphatic rings. The standard InChI is InChI=1S/C25H24N6O3/c32-24-21(27-25(33)34-18-19-7-3-1-4-8-19)17-26-22-11-12-23(28-31(22)24)30-15-13-29(14-16-30)20-9-5-2-6-10-20/h1-12,17H,13-16,18H2,(H,27,33). The second kappa shape index (κ2) is 9.62. The van der Waals surface area contributed by atoms with Crippen LogP contribution in [0.25, 0.3) is 5.65 Å². The topological polar surface area (TPSA) is 92.1 Å². The van der Waals surface area contributed by atoms with Crippen molar-refractivity contribution >= 4 is 28.9 Å². The van der Waals surface area contributed by atoms with Crippen molar-refractivity contribution in [1.29, 1.82) is 0 Å². The third-order valence-electron chi connectivity index (χ3n) is 5.72. The summed E-state index contributed by atoms with van der Waals surface area (Å²) in [7, 11) is 0. The van der Waals surface area contributed by atoms with Crippen LogP contribution in [0.1, 0.15) is 5.56 Å². The highest BCUT2D eigenvalue weighted by atomic mass is 16.5. The zero-order chi connectivity index (χ0) is 23.3. The number of nitrogens with zero attached hydrogens (tertiary/aromatic N) is 5. The highest BCUT2D eigenvalue weighted by Gasteiger charge is 2.19. The quantitative estimate of drug-likeness (QED) is 0.493. The molecule has 1 saturated heterocycles. The monoisotopic (exact) mass is 456 g/mol. The molecule has 0 atom stereocenters. The lowest BCUT2D eigenvalue weighted by Crippen LogP contribution is -2.47. The van der Waals surface area contributed by atoms with E-state index >= 15 is 0 Å². The van der Waals surface area contributed by atoms with Crippen LogP contribution in [0.15, 0.2) is 83.8 Å². The molecule has 0 saturated carbocycles. The molecular formula is C25H24N6O3. The van der Waals surface area contributed by atoms with Crippen molar-refractivity contribution in [3.8, 4) is 0 Å². The van der Waals surface area contributed by atoms with Gasteiger partial charge in [-0.1, -0.05) is 48.5 Å². The fourth-order valence-electron chi connectivity index (χ4n) is 3.91. The van der Waals surface area contributed by atoms with Crippen LogP contribution in [0.3, 0.4) is 0 Å². The first-order valence-electron chi connectivity index (χ1n) is 11.1. The minimum Gasteiger partial charge on any atom is -0.444 e. The predicted octanol–water partition coefficient (Wildman–Crippen LogP) is 3.16. The number of aromatic nitrogens is 3. The molecule has 3 heterocycles. The smallest absolute Gasteiger partial charge is 0.412 e. The van der Waals surface area contributed by atoms with Gasteiger partial charge in [0.1, 0.15) is 18.1 Å². The molecule has 34 heavy (non-hydrogen) atoms. The SMILES string of the molecule is O=C(Nc1cnc2ccc(N3CCN(c4ccccc4)CC3)nn2c1=O)OCc1ccccc1. The van der Waals surface area contributed by atoms with Crippen LogP contribution in [0, 0.1) is 0 Å². The number of benzene rings is 2. The van der Waals surface area contributed by atoms with Gasteiger partial charge in [0.25, 0.3) is 5.56 Å². The van der Waals surface area contributed by atoms with Gasteiger partial charge >= 0.3 is 6.09 Å². The van der Waals surface area contributed by atoms with Gasteiger partial charge in [0.2, 0.25) is 0 Å². The molecule has 1 amide bonds. The third-order valence-corrected chi connectivity index (χ3v) is 5.72. The lowest BCUT2D eigenvalue weighted by molar-refractivity contribution is 0.155. The molecule has 0 aliphatic carbocycles. The number of amides is 1. The van der Waals surface area contributed by atoms with Crippen LogP contribution < -0.4 is 20.7 Å². The van der Waals surface area contributed by atoms with E-state index in [1.807, 2.05) is 54.6 Å². The second-order valence-corrected chi connectivity index (χ2v) is 7.93. The number of nitrogens with one attached hydrogen (secondary N) is 1. The number of hydrogen-bond donors (Lipinski definition) is 1. The predicted molar refractivity (Wildman–Crippen MR) is 130 cm³/mol. The molecule has 2 aromatic heterocycles. The van der Waals surface area contributed by atoms with Crippen molar-refractivity contribution in [3.63, 3.8) is 0 Å². The molecule has 0 radical (unpaired) electrons. The van der Waals surface area contributed by atoms with Gasteiger partial charge in [-0.05, 0) is 29.8 Å². The molecule has 1 N–H and O–H groups in total. The number of ether oxygens (including phenoxy) is 1. The number of para-hydroxylation sites is 1. The fourth-order valence-corrected chi connectivity index (χ4v) is 3.91. The molecule has 4 aromatic rings. The Hall–Kier alpha value is -4.40. The van der Waals surface area contributed by atoms with E-state index in [0.717, 1.165) is 31.7 Å². The molecule has 9 nitrogen and oxygen atoms in total. The molecule has 0 unspecified atom stereocenters. The zero-order valence-corrected chi connectivity index (χ0v) is 18.5. The number of carbonyl (C=O) groups excluding carboxylic acids is 1. The third kappa shape index (κ3) is 4.68. The molecule has 2 aromatic carbocycles. The number of piperazine rings is 1. The van der Waals surface area contributed by atoms with Gasteiger partial charge in [0.05, 0.1) is 6.20 Å². The van der Waals surface area contributed by atoms with Crippen LogP contribution in [0.5, 0.6) is 0 Å². The summed E-state index contributed by atoms with van der Waals surface area (Å²) >= 11 is 0. The number of fused-ring (bicyclic) bond motifs is 1. The van der Waals surface area contributed by atoms with Crippen LogP contribution >= 0.6 is 0 Å². The van der Waals surface area contributed by atoms with Crippen LogP contribution in [0.4, 0.5) is 22.0 Å². The van der Waals surface area contributed by atoms with Crippen molar-refractivity contribution in [2.75, 3.05) is 41.3 Å². The van der Waals surface area contributed by atoms with Crippen LogP contribution in [0.2, 0.25) is 0 Å². The summed E-state index contributed by atoms with van der Waals surface area (Å²) in [6.07, 6.45) is 0.595. The normalized spacial score (nSPS) is 13.6. The van der Waals surface area contributed by atoms with E-state index in [9.17, 15) is 9.59 Å². The summed E-state index contributed by atoms with van der Waals surface area (Å²) in [5, 5.41) is 6.99. The van der Waals surface area contributed by atoms with E-state index in [0.29, 0.717) is 11.5 Å². The Morgan fingerprint density at radius 1 is 0.882 bits per heavy atom. The van der Waals surface area contributed by atoms with E-state index < -0.39 is 11.7 Å². The van der Waals surface area contributed by atoms with E-state index in [1.165, 1.54) is 16.4 Å². The van der Waals surface area contributed by atoms with Crippen LogP contribution in [-0.2, 0) is 11.3 Å². The Balaban J connectivity index is 1.28. The van der Waals surface area contributed by atoms with Crippen molar-refractivity contribution in [1.82, 2.24) is 14.6 Å². The Bertz CT molecular complexity index is 1340. The first kappa shape index (κ1) is 21.4. The minimum atomic E-state index is -0.726. The van der Waals surface area contributed by atoms with E-state index in [-0.39, 0.29) is 12.3 Å².